The lowest BCUT2D eigenvalue weighted by atomic mass is 9.54. The topological polar surface area (TPSA) is 65.0 Å². The zero-order chi connectivity index (χ0) is 33.6. The fourth-order valence-electron chi connectivity index (χ4n) is 9.89. The lowest BCUT2D eigenvalue weighted by Gasteiger charge is -2.58. The van der Waals surface area contributed by atoms with E-state index in [1.165, 1.54) is 0 Å². The van der Waals surface area contributed by atoms with Crippen LogP contribution in [0.1, 0.15) is 107 Å². The number of rotatable bonds is 9. The molecule has 5 unspecified atom stereocenters. The minimum Gasteiger partial charge on any atom is -0.543 e. The fraction of sp³-hybridized carbons (Fsp3) is 0.615. The van der Waals surface area contributed by atoms with Gasteiger partial charge in [0.15, 0.2) is 0 Å². The average Bonchev–Trinajstić information content (AvgIpc) is 3.25. The highest BCUT2D eigenvalue weighted by atomic mass is 28.4. The first-order valence-electron chi connectivity index (χ1n) is 17.1. The molecule has 0 spiro atoms. The van der Waals surface area contributed by atoms with E-state index < -0.39 is 24.9 Å². The van der Waals surface area contributed by atoms with Gasteiger partial charge in [-0.15, -0.1) is 0 Å². The van der Waals surface area contributed by atoms with Crippen molar-refractivity contribution in [3.05, 3.63) is 72.3 Å². The molecule has 3 aliphatic rings. The van der Waals surface area contributed by atoms with Gasteiger partial charge in [-0.3, -0.25) is 4.79 Å². The van der Waals surface area contributed by atoms with E-state index in [9.17, 15) is 9.90 Å². The fourth-order valence-corrected chi connectivity index (χ4v) is 15.1. The first kappa shape index (κ1) is 35.4. The Balaban J connectivity index is 0.000000233. The van der Waals surface area contributed by atoms with Gasteiger partial charge in [0.25, 0.3) is 8.32 Å². The Morgan fingerprint density at radius 1 is 0.933 bits per heavy atom. The molecule has 0 heterocycles. The second kappa shape index (κ2) is 12.7. The molecule has 0 aliphatic heterocycles. The summed E-state index contributed by atoms with van der Waals surface area (Å²) < 4.78 is 19.0. The van der Waals surface area contributed by atoms with Crippen LogP contribution < -0.4 is 4.43 Å². The Bertz CT molecular complexity index is 1340. The van der Waals surface area contributed by atoms with Crippen LogP contribution in [0, 0.1) is 16.7 Å². The number of benzene rings is 2. The molecule has 2 fully saturated rings. The number of esters is 1. The van der Waals surface area contributed by atoms with Crippen molar-refractivity contribution in [2.24, 2.45) is 16.7 Å². The van der Waals surface area contributed by atoms with Crippen LogP contribution in [0.25, 0.3) is 5.57 Å². The lowest BCUT2D eigenvalue weighted by molar-refractivity contribution is -0.261. The maximum absolute atomic E-state index is 12.5. The summed E-state index contributed by atoms with van der Waals surface area (Å²) in [6, 6.07) is 18.5. The van der Waals surface area contributed by atoms with Crippen molar-refractivity contribution in [2.45, 2.75) is 129 Å². The predicted molar refractivity (Wildman–Crippen MR) is 187 cm³/mol. The quantitative estimate of drug-likeness (QED) is 0.220. The van der Waals surface area contributed by atoms with Gasteiger partial charge in [0.1, 0.15) is 23.1 Å². The molecular weight excluding hydrogens is 577 g/mol. The van der Waals surface area contributed by atoms with Gasteiger partial charge in [-0.05, 0) is 64.2 Å². The number of para-hydroxylation sites is 1. The van der Waals surface area contributed by atoms with Gasteiger partial charge in [0.05, 0.1) is 0 Å². The Hall–Kier alpha value is -2.41. The highest BCUT2D eigenvalue weighted by molar-refractivity contribution is 6.78. The van der Waals surface area contributed by atoms with Crippen molar-refractivity contribution >= 4 is 19.9 Å². The third-order valence-electron chi connectivity index (χ3n) is 12.1. The third kappa shape index (κ3) is 5.05. The molecule has 1 N–H and O–H groups in total. The zero-order valence-corrected chi connectivity index (χ0v) is 30.7. The largest absolute Gasteiger partial charge is 0.543 e. The molecule has 0 amide bonds. The third-order valence-corrected chi connectivity index (χ3v) is 18.1. The zero-order valence-electron chi connectivity index (χ0n) is 29.7. The SMILES string of the molecule is C=C1CC2(O)C(OCC)(c3ccccc31)C1CC(OC(=O)CC)C2(C)C1(C)C.CC(C)[Si](Oc1ccccc1)(C(C)C)C(C)C. The summed E-state index contributed by atoms with van der Waals surface area (Å²) in [5, 5.41) is 12.5. The van der Waals surface area contributed by atoms with Crippen LogP contribution in [-0.2, 0) is 19.9 Å². The summed E-state index contributed by atoms with van der Waals surface area (Å²) in [7, 11) is -1.77. The summed E-state index contributed by atoms with van der Waals surface area (Å²) in [6.07, 6.45) is 1.11. The second-order valence-electron chi connectivity index (χ2n) is 15.1. The van der Waals surface area contributed by atoms with E-state index in [0.29, 0.717) is 42.5 Å². The molecule has 6 heteroatoms. The lowest BCUT2D eigenvalue weighted by Crippen LogP contribution is -2.67. The summed E-state index contributed by atoms with van der Waals surface area (Å²) in [5.41, 5.74) is 1.94. The van der Waals surface area contributed by atoms with Gasteiger partial charge in [0.2, 0.25) is 0 Å². The second-order valence-corrected chi connectivity index (χ2v) is 20.5. The Labute approximate surface area is 273 Å². The number of carbonyl (C=O) groups is 1. The monoisotopic (exact) mass is 634 g/mol. The summed E-state index contributed by atoms with van der Waals surface area (Å²) in [4.78, 5) is 12.2. The molecule has 3 aliphatic carbocycles. The van der Waals surface area contributed by atoms with Crippen LogP contribution in [0.5, 0.6) is 5.75 Å². The molecule has 0 saturated heterocycles. The van der Waals surface area contributed by atoms with Crippen molar-refractivity contribution in [1.82, 2.24) is 0 Å². The molecule has 0 aromatic heterocycles. The van der Waals surface area contributed by atoms with Gasteiger partial charge < -0.3 is 19.0 Å². The maximum Gasteiger partial charge on any atom is 0.305 e. The number of ether oxygens (including phenoxy) is 2. The van der Waals surface area contributed by atoms with Crippen molar-refractivity contribution in [1.29, 1.82) is 0 Å². The molecule has 2 saturated carbocycles. The molecule has 2 aromatic carbocycles. The molecule has 248 valence electrons. The van der Waals surface area contributed by atoms with Crippen LogP contribution in [0.15, 0.2) is 61.2 Å². The van der Waals surface area contributed by atoms with E-state index in [1.54, 1.807) is 6.92 Å². The highest BCUT2D eigenvalue weighted by Gasteiger charge is 2.85. The maximum atomic E-state index is 12.5. The van der Waals surface area contributed by atoms with Crippen molar-refractivity contribution in [2.75, 3.05) is 6.61 Å². The van der Waals surface area contributed by atoms with Crippen LogP contribution in [0.3, 0.4) is 0 Å². The van der Waals surface area contributed by atoms with Gasteiger partial charge in [-0.25, -0.2) is 0 Å². The van der Waals surface area contributed by atoms with Crippen LogP contribution in [0.2, 0.25) is 16.6 Å². The first-order chi connectivity index (χ1) is 21.0. The first-order valence-corrected chi connectivity index (χ1v) is 19.2. The summed E-state index contributed by atoms with van der Waals surface area (Å²) >= 11 is 0. The number of aliphatic hydroxyl groups is 1. The van der Waals surface area contributed by atoms with E-state index >= 15 is 0 Å². The minimum absolute atomic E-state index is 0.0267. The number of hydrogen-bond donors (Lipinski definition) is 1. The molecule has 5 rings (SSSR count). The molecular formula is C39H58O5Si. The van der Waals surface area contributed by atoms with Crippen molar-refractivity contribution in [3.8, 4) is 5.75 Å². The number of carbonyl (C=O) groups excluding carboxylic acids is 1. The molecule has 5 atom stereocenters. The molecule has 2 aromatic rings. The summed E-state index contributed by atoms with van der Waals surface area (Å²) in [5.74, 6) is 0.851. The van der Waals surface area contributed by atoms with Crippen LogP contribution >= 0.6 is 0 Å². The predicted octanol–water partition coefficient (Wildman–Crippen LogP) is 9.70. The van der Waals surface area contributed by atoms with Crippen molar-refractivity contribution in [3.63, 3.8) is 0 Å². The van der Waals surface area contributed by atoms with E-state index in [1.807, 2.05) is 25.1 Å². The van der Waals surface area contributed by atoms with E-state index in [-0.39, 0.29) is 23.4 Å². The minimum atomic E-state index is -1.77. The Morgan fingerprint density at radius 2 is 1.49 bits per heavy atom. The van der Waals surface area contributed by atoms with E-state index in [0.717, 1.165) is 22.4 Å². The smallest absolute Gasteiger partial charge is 0.305 e. The Morgan fingerprint density at radius 3 is 2.02 bits per heavy atom. The van der Waals surface area contributed by atoms with Crippen LogP contribution in [0.4, 0.5) is 0 Å². The summed E-state index contributed by atoms with van der Waals surface area (Å²) in [6.45, 7) is 29.0. The molecule has 0 radical (unpaired) electrons. The van der Waals surface area contributed by atoms with Crippen molar-refractivity contribution < 1.29 is 23.8 Å². The van der Waals surface area contributed by atoms with Gasteiger partial charge in [-0.2, -0.15) is 0 Å². The highest BCUT2D eigenvalue weighted by Crippen LogP contribution is 2.80. The van der Waals surface area contributed by atoms with Crippen LogP contribution in [-0.4, -0.2) is 37.7 Å². The molecule has 5 nitrogen and oxygen atoms in total. The normalized spacial score (nSPS) is 29.7. The number of fused-ring (bicyclic) bond motifs is 7. The van der Waals surface area contributed by atoms with E-state index in [2.05, 4.69) is 105 Å². The van der Waals surface area contributed by atoms with Gasteiger partial charge in [-0.1, -0.05) is 118 Å². The Kier molecular flexibility index (Phi) is 9.96. The molecule has 45 heavy (non-hydrogen) atoms. The number of hydrogen-bond acceptors (Lipinski definition) is 5. The average molecular weight is 635 g/mol. The van der Waals surface area contributed by atoms with Gasteiger partial charge >= 0.3 is 5.97 Å². The van der Waals surface area contributed by atoms with Gasteiger partial charge in [0, 0.05) is 30.8 Å². The standard InChI is InChI=1S/C24H32O4.C15H26OSi/c1-7-20(25)28-19-13-18-21(4,5)22(19,6)23(26)14-15(3)16-11-9-10-12-17(16)24(18,23)27-8-2;1-12(2)17(13(3)4,14(5)6)16-15-10-8-7-9-11-15/h9-12,18-19,26H,3,7-8,13-14H2,1-2,4-6H3;7-14H,1-6H3. The van der Waals surface area contributed by atoms with E-state index in [4.69, 9.17) is 13.9 Å². The molecule has 2 bridgehead atoms.